The van der Waals surface area contributed by atoms with Crippen LogP contribution in [0.5, 0.6) is 5.88 Å². The molecule has 0 radical (unpaired) electrons. The van der Waals surface area contributed by atoms with Crippen LogP contribution in [0, 0.1) is 0 Å². The largest absolute Gasteiger partial charge is 0.481 e. The topological polar surface area (TPSA) is 44.1 Å². The molecule has 104 valence electrons. The zero-order valence-corrected chi connectivity index (χ0v) is 11.6. The Labute approximate surface area is 122 Å². The molecule has 1 aromatic carbocycles. The number of ether oxygens (including phenoxy) is 1. The average Bonchev–Trinajstić information content (AvgIpc) is 2.55. The fraction of sp³-hybridized carbons (Fsp3) is 0.0588. The molecule has 0 aliphatic rings. The maximum atomic E-state index is 11.9. The molecule has 0 aliphatic carbocycles. The van der Waals surface area contributed by atoms with Gasteiger partial charge in [0.1, 0.15) is 0 Å². The van der Waals surface area contributed by atoms with Crippen molar-refractivity contribution in [1.29, 1.82) is 0 Å². The Morgan fingerprint density at radius 2 is 1.86 bits per heavy atom. The van der Waals surface area contributed by atoms with E-state index in [1.54, 1.807) is 36.2 Å². The number of hydrogen-bond donors (Lipinski definition) is 0. The van der Waals surface area contributed by atoms with Gasteiger partial charge in [0.25, 0.3) is 5.56 Å². The van der Waals surface area contributed by atoms with Crippen LogP contribution in [0.2, 0.25) is 0 Å². The summed E-state index contributed by atoms with van der Waals surface area (Å²) in [4.78, 5) is 16.0. The highest BCUT2D eigenvalue weighted by atomic mass is 16.5. The molecule has 0 atom stereocenters. The number of hydrogen-bond acceptors (Lipinski definition) is 3. The lowest BCUT2D eigenvalue weighted by Crippen LogP contribution is -2.15. The van der Waals surface area contributed by atoms with Gasteiger partial charge in [-0.05, 0) is 35.4 Å². The van der Waals surface area contributed by atoms with Crippen LogP contribution in [0.25, 0.3) is 16.8 Å². The first-order valence-electron chi connectivity index (χ1n) is 6.56. The quantitative estimate of drug-likeness (QED) is 0.740. The molecule has 2 aromatic heterocycles. The summed E-state index contributed by atoms with van der Waals surface area (Å²) in [5.41, 5.74) is 2.77. The number of methoxy groups -OCH3 is 1. The minimum absolute atomic E-state index is 0.0537. The summed E-state index contributed by atoms with van der Waals surface area (Å²) in [6, 6.07) is 16.7. The van der Waals surface area contributed by atoms with Gasteiger partial charge in [0, 0.05) is 30.2 Å². The van der Waals surface area contributed by atoms with Crippen molar-refractivity contribution in [3.63, 3.8) is 0 Å². The van der Waals surface area contributed by atoms with Crippen LogP contribution in [0.15, 0.2) is 71.8 Å². The van der Waals surface area contributed by atoms with E-state index in [1.165, 1.54) is 0 Å². The second-order valence-corrected chi connectivity index (χ2v) is 4.55. The first-order chi connectivity index (χ1) is 10.3. The first kappa shape index (κ1) is 13.1. The Kier molecular flexibility index (Phi) is 3.51. The molecular formula is C17H14N2O2. The molecule has 0 saturated carbocycles. The van der Waals surface area contributed by atoms with Gasteiger partial charge in [0.15, 0.2) is 0 Å². The van der Waals surface area contributed by atoms with Gasteiger partial charge < -0.3 is 4.74 Å². The predicted octanol–water partition coefficient (Wildman–Crippen LogP) is 2.91. The molecule has 0 fully saturated rings. The minimum atomic E-state index is -0.0537. The van der Waals surface area contributed by atoms with E-state index >= 15 is 0 Å². The van der Waals surface area contributed by atoms with Gasteiger partial charge in [-0.2, -0.15) is 0 Å². The number of nitrogens with zero attached hydrogens (tertiary/aromatic N) is 2. The highest BCUT2D eigenvalue weighted by Gasteiger charge is 2.03. The normalized spacial score (nSPS) is 10.3. The Bertz CT molecular complexity index is 825. The van der Waals surface area contributed by atoms with Crippen LogP contribution in [0.1, 0.15) is 0 Å². The average molecular weight is 278 g/mol. The van der Waals surface area contributed by atoms with Crippen LogP contribution in [0.3, 0.4) is 0 Å². The molecule has 0 spiro atoms. The summed E-state index contributed by atoms with van der Waals surface area (Å²) >= 11 is 0. The van der Waals surface area contributed by atoms with Crippen molar-refractivity contribution in [2.24, 2.45) is 0 Å². The van der Waals surface area contributed by atoms with Crippen molar-refractivity contribution in [2.45, 2.75) is 0 Å². The molecule has 0 bridgehead atoms. The van der Waals surface area contributed by atoms with E-state index in [4.69, 9.17) is 4.74 Å². The lowest BCUT2D eigenvalue weighted by Gasteiger charge is -2.08. The van der Waals surface area contributed by atoms with E-state index in [1.807, 2.05) is 42.5 Å². The third-order valence-corrected chi connectivity index (χ3v) is 3.22. The third kappa shape index (κ3) is 2.69. The van der Waals surface area contributed by atoms with Gasteiger partial charge in [-0.3, -0.25) is 9.36 Å². The fourth-order valence-electron chi connectivity index (χ4n) is 2.18. The monoisotopic (exact) mass is 278 g/mol. The van der Waals surface area contributed by atoms with Crippen LogP contribution in [-0.2, 0) is 0 Å². The van der Waals surface area contributed by atoms with Gasteiger partial charge in [0.05, 0.1) is 7.11 Å². The molecule has 3 rings (SSSR count). The second-order valence-electron chi connectivity index (χ2n) is 4.55. The van der Waals surface area contributed by atoms with Gasteiger partial charge in [-0.15, -0.1) is 0 Å². The zero-order chi connectivity index (χ0) is 14.7. The molecule has 0 amide bonds. The lowest BCUT2D eigenvalue weighted by molar-refractivity contribution is 0.398. The standard InChI is InChI=1S/C17H14N2O2/c1-21-16-12-14(8-9-18-16)13-5-4-6-15(11-13)19-10-3-2-7-17(19)20/h2-12H,1H3. The van der Waals surface area contributed by atoms with Crippen molar-refractivity contribution in [3.05, 3.63) is 77.3 Å². The zero-order valence-electron chi connectivity index (χ0n) is 11.6. The van der Waals surface area contributed by atoms with Gasteiger partial charge >= 0.3 is 0 Å². The third-order valence-electron chi connectivity index (χ3n) is 3.22. The van der Waals surface area contributed by atoms with Crippen LogP contribution in [0.4, 0.5) is 0 Å². The highest BCUT2D eigenvalue weighted by molar-refractivity contribution is 5.66. The van der Waals surface area contributed by atoms with Crippen molar-refractivity contribution >= 4 is 0 Å². The van der Waals surface area contributed by atoms with Crippen molar-refractivity contribution in [2.75, 3.05) is 7.11 Å². The molecule has 4 heteroatoms. The van der Waals surface area contributed by atoms with Gasteiger partial charge in [-0.25, -0.2) is 4.98 Å². The summed E-state index contributed by atoms with van der Waals surface area (Å²) in [5.74, 6) is 0.565. The van der Waals surface area contributed by atoms with E-state index in [2.05, 4.69) is 4.98 Å². The van der Waals surface area contributed by atoms with Crippen molar-refractivity contribution in [1.82, 2.24) is 9.55 Å². The number of pyridine rings is 2. The smallest absolute Gasteiger partial charge is 0.255 e. The second kappa shape index (κ2) is 5.63. The summed E-state index contributed by atoms with van der Waals surface area (Å²) in [7, 11) is 1.59. The molecule has 0 aliphatic heterocycles. The minimum Gasteiger partial charge on any atom is -0.481 e. The fourth-order valence-corrected chi connectivity index (χ4v) is 2.18. The summed E-state index contributed by atoms with van der Waals surface area (Å²) in [6.45, 7) is 0. The summed E-state index contributed by atoms with van der Waals surface area (Å²) in [5, 5.41) is 0. The molecule has 2 heterocycles. The maximum absolute atomic E-state index is 11.9. The van der Waals surface area contributed by atoms with Crippen LogP contribution in [-0.4, -0.2) is 16.7 Å². The molecular weight excluding hydrogens is 264 g/mol. The molecule has 4 nitrogen and oxygen atoms in total. The van der Waals surface area contributed by atoms with E-state index in [0.717, 1.165) is 16.8 Å². The van der Waals surface area contributed by atoms with Gasteiger partial charge in [-0.1, -0.05) is 18.2 Å². The Morgan fingerprint density at radius 1 is 1.00 bits per heavy atom. The first-order valence-corrected chi connectivity index (χ1v) is 6.56. The Balaban J connectivity index is 2.08. The van der Waals surface area contributed by atoms with E-state index < -0.39 is 0 Å². The maximum Gasteiger partial charge on any atom is 0.255 e. The molecule has 0 unspecified atom stereocenters. The molecule has 3 aromatic rings. The van der Waals surface area contributed by atoms with Gasteiger partial charge in [0.2, 0.25) is 5.88 Å². The number of aromatic nitrogens is 2. The Hall–Kier alpha value is -2.88. The SMILES string of the molecule is COc1cc(-c2cccc(-n3ccccc3=O)c2)ccn1. The van der Waals surface area contributed by atoms with Crippen molar-refractivity contribution < 1.29 is 4.74 Å². The summed E-state index contributed by atoms with van der Waals surface area (Å²) < 4.78 is 6.76. The van der Waals surface area contributed by atoms with E-state index in [-0.39, 0.29) is 5.56 Å². The van der Waals surface area contributed by atoms with Crippen molar-refractivity contribution in [3.8, 4) is 22.7 Å². The van der Waals surface area contributed by atoms with E-state index in [0.29, 0.717) is 5.88 Å². The van der Waals surface area contributed by atoms with E-state index in [9.17, 15) is 4.79 Å². The van der Waals surface area contributed by atoms with Crippen LogP contribution < -0.4 is 10.3 Å². The molecule has 0 N–H and O–H groups in total. The molecule has 0 saturated heterocycles. The highest BCUT2D eigenvalue weighted by Crippen LogP contribution is 2.23. The molecule has 21 heavy (non-hydrogen) atoms. The van der Waals surface area contributed by atoms with Crippen LogP contribution >= 0.6 is 0 Å². The summed E-state index contributed by atoms with van der Waals surface area (Å²) in [6.07, 6.45) is 3.46. The Morgan fingerprint density at radius 3 is 2.67 bits per heavy atom. The number of rotatable bonds is 3. The lowest BCUT2D eigenvalue weighted by atomic mass is 10.1. The number of benzene rings is 1. The predicted molar refractivity (Wildman–Crippen MR) is 81.8 cm³/mol.